The minimum Gasteiger partial charge on any atom is -1.00 e. The Morgan fingerprint density at radius 2 is 2.44 bits per heavy atom. The Hall–Kier alpha value is 0.390. The van der Waals surface area contributed by atoms with Crippen molar-refractivity contribution in [3.63, 3.8) is 0 Å². The van der Waals surface area contributed by atoms with Gasteiger partial charge >= 0.3 is 35.5 Å². The van der Waals surface area contributed by atoms with Crippen molar-refractivity contribution in [3.8, 4) is 0 Å². The van der Waals surface area contributed by atoms with Crippen LogP contribution in [0.4, 0.5) is 0 Å². The summed E-state index contributed by atoms with van der Waals surface area (Å²) in [5.74, 6) is -0.887. The fourth-order valence-corrected chi connectivity index (χ4v) is 0.248. The Labute approximate surface area is 77.6 Å². The van der Waals surface area contributed by atoms with Gasteiger partial charge in [-0.2, -0.15) is 0 Å². The SMILES string of the molecule is CC(N)NCC(=O)O.[H-].[Na+]. The first-order chi connectivity index (χ1) is 3.63. The number of nitrogens with two attached hydrogens (primary N) is 1. The summed E-state index contributed by atoms with van der Waals surface area (Å²) in [6.45, 7) is 1.61. The van der Waals surface area contributed by atoms with E-state index >= 15 is 0 Å². The molecule has 4 nitrogen and oxygen atoms in total. The molecule has 0 amide bonds. The van der Waals surface area contributed by atoms with Crippen molar-refractivity contribution in [2.45, 2.75) is 13.1 Å². The number of carbonyl (C=O) groups is 1. The molecule has 0 bridgehead atoms. The molecule has 0 aliphatic carbocycles. The summed E-state index contributed by atoms with van der Waals surface area (Å²) in [6.07, 6.45) is -0.244. The molecule has 0 fully saturated rings. The van der Waals surface area contributed by atoms with Gasteiger partial charge < -0.3 is 12.3 Å². The fraction of sp³-hybridized carbons (Fsp3) is 0.750. The largest absolute Gasteiger partial charge is 1.00 e. The second-order valence-electron chi connectivity index (χ2n) is 1.56. The van der Waals surface area contributed by atoms with Crippen molar-refractivity contribution in [3.05, 3.63) is 0 Å². The van der Waals surface area contributed by atoms with Crippen LogP contribution in [0.2, 0.25) is 0 Å². The van der Waals surface area contributed by atoms with Crippen molar-refractivity contribution >= 4 is 5.97 Å². The van der Waals surface area contributed by atoms with Gasteiger partial charge in [0.05, 0.1) is 12.7 Å². The molecule has 0 spiro atoms. The monoisotopic (exact) mass is 142 g/mol. The van der Waals surface area contributed by atoms with E-state index in [9.17, 15) is 4.79 Å². The minimum absolute atomic E-state index is 0. The summed E-state index contributed by atoms with van der Waals surface area (Å²) >= 11 is 0. The molecule has 0 heterocycles. The number of rotatable bonds is 3. The standard InChI is InChI=1S/C4H10N2O2.Na.H/c1-3(5)6-2-4(7)8;;/h3,6H,2,5H2,1H3,(H,7,8);;/q;+1;-1. The van der Waals surface area contributed by atoms with Gasteiger partial charge in [-0.25, -0.2) is 0 Å². The quantitative estimate of drug-likeness (QED) is 0.278. The molecule has 0 aromatic rings. The van der Waals surface area contributed by atoms with E-state index in [1.54, 1.807) is 6.92 Å². The third-order valence-electron chi connectivity index (χ3n) is 0.575. The van der Waals surface area contributed by atoms with Crippen LogP contribution in [0.25, 0.3) is 0 Å². The van der Waals surface area contributed by atoms with Crippen molar-refractivity contribution < 1.29 is 40.9 Å². The van der Waals surface area contributed by atoms with E-state index in [0.29, 0.717) is 0 Å². The molecule has 0 saturated heterocycles. The van der Waals surface area contributed by atoms with Crippen LogP contribution in [-0.4, -0.2) is 23.8 Å². The van der Waals surface area contributed by atoms with Crippen LogP contribution in [0, 0.1) is 0 Å². The Balaban J connectivity index is -0.000000245. The molecule has 0 rings (SSSR count). The van der Waals surface area contributed by atoms with Gasteiger partial charge in [0, 0.05) is 0 Å². The average molecular weight is 142 g/mol. The van der Waals surface area contributed by atoms with Gasteiger partial charge in [-0.3, -0.25) is 10.1 Å². The summed E-state index contributed by atoms with van der Waals surface area (Å²) in [5.41, 5.74) is 5.17. The number of aliphatic carboxylic acids is 1. The summed E-state index contributed by atoms with van der Waals surface area (Å²) < 4.78 is 0. The Morgan fingerprint density at radius 3 is 2.56 bits per heavy atom. The van der Waals surface area contributed by atoms with Crippen molar-refractivity contribution in [2.75, 3.05) is 6.54 Å². The smallest absolute Gasteiger partial charge is 1.00 e. The van der Waals surface area contributed by atoms with Gasteiger partial charge in [0.2, 0.25) is 0 Å². The molecule has 9 heavy (non-hydrogen) atoms. The second kappa shape index (κ2) is 6.51. The van der Waals surface area contributed by atoms with Gasteiger partial charge in [-0.1, -0.05) is 0 Å². The van der Waals surface area contributed by atoms with Crippen LogP contribution in [0.3, 0.4) is 0 Å². The molecule has 50 valence electrons. The Bertz CT molecular complexity index is 91.3. The first-order valence-electron chi connectivity index (χ1n) is 2.33. The van der Waals surface area contributed by atoms with Crippen LogP contribution in [0.5, 0.6) is 0 Å². The van der Waals surface area contributed by atoms with Gasteiger partial charge in [0.25, 0.3) is 0 Å². The predicted octanol–water partition coefficient (Wildman–Crippen LogP) is -3.92. The predicted molar refractivity (Wildman–Crippen MR) is 30.4 cm³/mol. The Morgan fingerprint density at radius 1 is 2.00 bits per heavy atom. The molecule has 0 aliphatic heterocycles. The molecule has 1 atom stereocenters. The molecule has 0 aromatic carbocycles. The number of hydrogen-bond acceptors (Lipinski definition) is 3. The molecule has 0 aliphatic rings. The number of carboxylic acid groups (broad SMARTS) is 1. The van der Waals surface area contributed by atoms with Crippen molar-refractivity contribution in [1.29, 1.82) is 0 Å². The first kappa shape index (κ1) is 12.1. The van der Waals surface area contributed by atoms with E-state index in [4.69, 9.17) is 10.8 Å². The van der Waals surface area contributed by atoms with E-state index in [2.05, 4.69) is 5.32 Å². The molecule has 4 N–H and O–H groups in total. The summed E-state index contributed by atoms with van der Waals surface area (Å²) in [7, 11) is 0. The maximum atomic E-state index is 9.79. The number of carboxylic acids is 1. The minimum atomic E-state index is -0.887. The molecule has 0 aromatic heterocycles. The Kier molecular flexibility index (Phi) is 8.75. The first-order valence-corrected chi connectivity index (χ1v) is 2.33. The van der Waals surface area contributed by atoms with Crippen LogP contribution in [-0.2, 0) is 4.79 Å². The van der Waals surface area contributed by atoms with E-state index in [0.717, 1.165) is 0 Å². The van der Waals surface area contributed by atoms with Crippen molar-refractivity contribution in [1.82, 2.24) is 5.32 Å². The maximum absolute atomic E-state index is 9.79. The molecule has 0 saturated carbocycles. The van der Waals surface area contributed by atoms with Gasteiger partial charge in [-0.05, 0) is 6.92 Å². The van der Waals surface area contributed by atoms with E-state index in [-0.39, 0.29) is 43.7 Å². The molecular weight excluding hydrogens is 131 g/mol. The van der Waals surface area contributed by atoms with E-state index < -0.39 is 5.97 Å². The van der Waals surface area contributed by atoms with Gasteiger partial charge in [-0.15, -0.1) is 0 Å². The van der Waals surface area contributed by atoms with Crippen LogP contribution in [0.15, 0.2) is 0 Å². The fourth-order valence-electron chi connectivity index (χ4n) is 0.248. The van der Waals surface area contributed by atoms with E-state index in [1.165, 1.54) is 0 Å². The number of hydrogen-bond donors (Lipinski definition) is 3. The van der Waals surface area contributed by atoms with Gasteiger partial charge in [0.15, 0.2) is 0 Å². The third-order valence-corrected chi connectivity index (χ3v) is 0.575. The normalized spacial score (nSPS) is 11.8. The zero-order valence-corrected chi connectivity index (χ0v) is 7.72. The molecule has 5 heteroatoms. The average Bonchev–Trinajstić information content (AvgIpc) is 1.61. The second-order valence-corrected chi connectivity index (χ2v) is 1.56. The zero-order valence-electron chi connectivity index (χ0n) is 6.72. The zero-order chi connectivity index (χ0) is 6.57. The van der Waals surface area contributed by atoms with Gasteiger partial charge in [0.1, 0.15) is 0 Å². The maximum Gasteiger partial charge on any atom is 1.00 e. The summed E-state index contributed by atoms with van der Waals surface area (Å²) in [6, 6.07) is 0. The summed E-state index contributed by atoms with van der Waals surface area (Å²) in [5, 5.41) is 10.6. The van der Waals surface area contributed by atoms with Crippen molar-refractivity contribution in [2.24, 2.45) is 5.73 Å². The topological polar surface area (TPSA) is 75.3 Å². The number of nitrogens with one attached hydrogen (secondary N) is 1. The van der Waals surface area contributed by atoms with E-state index in [1.807, 2.05) is 0 Å². The van der Waals surface area contributed by atoms with Crippen LogP contribution < -0.4 is 40.6 Å². The van der Waals surface area contributed by atoms with Crippen LogP contribution in [0.1, 0.15) is 8.35 Å². The van der Waals surface area contributed by atoms with Crippen LogP contribution >= 0.6 is 0 Å². The molecule has 1 unspecified atom stereocenters. The summed E-state index contributed by atoms with van der Waals surface area (Å²) in [4.78, 5) is 9.79. The third kappa shape index (κ3) is 11.8. The molecular formula is C4H11N2NaO2. The molecule has 0 radical (unpaired) electrons.